The van der Waals surface area contributed by atoms with Gasteiger partial charge < -0.3 is 10.3 Å². The van der Waals surface area contributed by atoms with Gasteiger partial charge in [0.25, 0.3) is 0 Å². The molecule has 2 N–H and O–H groups in total. The zero-order chi connectivity index (χ0) is 13.2. The summed E-state index contributed by atoms with van der Waals surface area (Å²) in [5.41, 5.74) is 2.99. The summed E-state index contributed by atoms with van der Waals surface area (Å²) in [6.45, 7) is 0.636. The van der Waals surface area contributed by atoms with Crippen molar-refractivity contribution in [1.29, 1.82) is 0 Å². The van der Waals surface area contributed by atoms with Crippen molar-refractivity contribution in [3.8, 4) is 0 Å². The first-order valence-electron chi connectivity index (χ1n) is 5.84. The largest absolute Gasteiger partial charge is 0.378 e. The first-order valence-corrected chi connectivity index (χ1v) is 7.01. The van der Waals surface area contributed by atoms with Gasteiger partial charge in [0.05, 0.1) is 29.1 Å². The quantitative estimate of drug-likeness (QED) is 0.687. The van der Waals surface area contributed by atoms with Crippen LogP contribution in [0.5, 0.6) is 0 Å². The van der Waals surface area contributed by atoms with Gasteiger partial charge in [-0.1, -0.05) is 29.8 Å². The third-order valence-corrected chi connectivity index (χ3v) is 3.81. The summed E-state index contributed by atoms with van der Waals surface area (Å²) in [6, 6.07) is 11.9. The summed E-state index contributed by atoms with van der Waals surface area (Å²) in [4.78, 5) is 7.49. The molecule has 0 amide bonds. The number of fused-ring (bicyclic) bond motifs is 1. The monoisotopic (exact) mass is 335 g/mol. The molecular weight excluding hydrogens is 326 g/mol. The summed E-state index contributed by atoms with van der Waals surface area (Å²) in [5.74, 6) is 0. The molecule has 0 saturated carbocycles. The number of hydrogen-bond acceptors (Lipinski definition) is 2. The highest BCUT2D eigenvalue weighted by Crippen LogP contribution is 2.27. The maximum Gasteiger partial charge on any atom is 0.106 e. The minimum Gasteiger partial charge on any atom is -0.378 e. The van der Waals surface area contributed by atoms with Crippen LogP contribution in [0.3, 0.4) is 0 Å². The second-order valence-corrected chi connectivity index (χ2v) is 5.38. The fourth-order valence-corrected chi connectivity index (χ4v) is 2.47. The van der Waals surface area contributed by atoms with Gasteiger partial charge in [-0.2, -0.15) is 0 Å². The molecule has 0 unspecified atom stereocenters. The Labute approximate surface area is 124 Å². The van der Waals surface area contributed by atoms with Crippen LogP contribution in [0.1, 0.15) is 5.69 Å². The standard InChI is InChI=1S/C14H11BrClN3/c15-13-6-5-9(7-18-13)17-8-12-14(16)10-3-1-2-4-11(10)19-12/h1-7,17,19H,8H2. The van der Waals surface area contributed by atoms with Crippen LogP contribution in [0, 0.1) is 0 Å². The molecule has 0 saturated heterocycles. The Bertz CT molecular complexity index is 706. The number of benzene rings is 1. The van der Waals surface area contributed by atoms with E-state index < -0.39 is 0 Å². The predicted molar refractivity (Wildman–Crippen MR) is 82.6 cm³/mol. The number of para-hydroxylation sites is 1. The summed E-state index contributed by atoms with van der Waals surface area (Å²) in [6.07, 6.45) is 1.78. The smallest absolute Gasteiger partial charge is 0.106 e. The zero-order valence-corrected chi connectivity index (χ0v) is 12.3. The van der Waals surface area contributed by atoms with Gasteiger partial charge in [-0.3, -0.25) is 0 Å². The second-order valence-electron chi connectivity index (χ2n) is 4.19. The molecule has 3 aromatic rings. The van der Waals surface area contributed by atoms with Gasteiger partial charge in [-0.15, -0.1) is 0 Å². The van der Waals surface area contributed by atoms with Crippen LogP contribution < -0.4 is 5.32 Å². The van der Waals surface area contributed by atoms with E-state index in [4.69, 9.17) is 11.6 Å². The first kappa shape index (κ1) is 12.5. The molecule has 0 bridgehead atoms. The normalized spacial score (nSPS) is 10.8. The lowest BCUT2D eigenvalue weighted by molar-refractivity contribution is 1.08. The summed E-state index contributed by atoms with van der Waals surface area (Å²) >= 11 is 9.66. The molecular formula is C14H11BrClN3. The van der Waals surface area contributed by atoms with Gasteiger partial charge in [-0.05, 0) is 34.1 Å². The molecule has 5 heteroatoms. The van der Waals surface area contributed by atoms with Gasteiger partial charge in [0, 0.05) is 10.9 Å². The van der Waals surface area contributed by atoms with E-state index in [-0.39, 0.29) is 0 Å². The zero-order valence-electron chi connectivity index (χ0n) is 9.95. The van der Waals surface area contributed by atoms with Crippen LogP contribution in [0.2, 0.25) is 5.02 Å². The number of H-pyrrole nitrogens is 1. The highest BCUT2D eigenvalue weighted by molar-refractivity contribution is 9.10. The molecule has 2 heterocycles. The van der Waals surface area contributed by atoms with Crippen molar-refractivity contribution in [2.75, 3.05) is 5.32 Å². The topological polar surface area (TPSA) is 40.7 Å². The van der Waals surface area contributed by atoms with E-state index in [9.17, 15) is 0 Å². The van der Waals surface area contributed by atoms with E-state index in [1.165, 1.54) is 0 Å². The molecule has 0 spiro atoms. The maximum absolute atomic E-state index is 6.35. The Morgan fingerprint density at radius 1 is 1.21 bits per heavy atom. The SMILES string of the molecule is Clc1c(CNc2ccc(Br)nc2)[nH]c2ccccc12. The van der Waals surface area contributed by atoms with Crippen LogP contribution >= 0.6 is 27.5 Å². The van der Waals surface area contributed by atoms with Crippen molar-refractivity contribution in [1.82, 2.24) is 9.97 Å². The van der Waals surface area contributed by atoms with Crippen molar-refractivity contribution in [2.45, 2.75) is 6.54 Å². The molecule has 0 atom stereocenters. The molecule has 2 aromatic heterocycles. The fraction of sp³-hybridized carbons (Fsp3) is 0.0714. The summed E-state index contributed by atoms with van der Waals surface area (Å²) in [5, 5.41) is 5.11. The Morgan fingerprint density at radius 3 is 2.79 bits per heavy atom. The third kappa shape index (κ3) is 2.60. The van der Waals surface area contributed by atoms with Crippen molar-refractivity contribution in [3.63, 3.8) is 0 Å². The molecule has 0 fully saturated rings. The molecule has 0 aliphatic heterocycles. The lowest BCUT2D eigenvalue weighted by atomic mass is 10.2. The molecule has 96 valence electrons. The van der Waals surface area contributed by atoms with E-state index in [0.717, 1.165) is 31.9 Å². The van der Waals surface area contributed by atoms with Crippen molar-refractivity contribution in [3.05, 3.63) is 57.9 Å². The van der Waals surface area contributed by atoms with Crippen LogP contribution in [0.4, 0.5) is 5.69 Å². The number of nitrogens with one attached hydrogen (secondary N) is 2. The van der Waals surface area contributed by atoms with E-state index in [1.807, 2.05) is 36.4 Å². The van der Waals surface area contributed by atoms with Crippen molar-refractivity contribution in [2.24, 2.45) is 0 Å². The number of halogens is 2. The Morgan fingerprint density at radius 2 is 2.05 bits per heavy atom. The van der Waals surface area contributed by atoms with E-state index >= 15 is 0 Å². The number of pyridine rings is 1. The summed E-state index contributed by atoms with van der Waals surface area (Å²) in [7, 11) is 0. The third-order valence-electron chi connectivity index (χ3n) is 2.91. The number of anilines is 1. The highest BCUT2D eigenvalue weighted by atomic mass is 79.9. The average Bonchev–Trinajstić information content (AvgIpc) is 2.76. The Balaban J connectivity index is 1.82. The van der Waals surface area contributed by atoms with Gasteiger partial charge >= 0.3 is 0 Å². The lowest BCUT2D eigenvalue weighted by Crippen LogP contribution is -2.00. The van der Waals surface area contributed by atoms with Gasteiger partial charge in [0.2, 0.25) is 0 Å². The number of rotatable bonds is 3. The number of aromatic amines is 1. The molecule has 3 rings (SSSR count). The molecule has 0 radical (unpaired) electrons. The van der Waals surface area contributed by atoms with Crippen LogP contribution in [-0.4, -0.2) is 9.97 Å². The van der Waals surface area contributed by atoms with Crippen LogP contribution in [-0.2, 0) is 6.54 Å². The molecule has 19 heavy (non-hydrogen) atoms. The number of hydrogen-bond donors (Lipinski definition) is 2. The minimum absolute atomic E-state index is 0.636. The van der Waals surface area contributed by atoms with E-state index in [1.54, 1.807) is 6.20 Å². The minimum atomic E-state index is 0.636. The van der Waals surface area contributed by atoms with Gasteiger partial charge in [0.1, 0.15) is 4.60 Å². The molecule has 1 aromatic carbocycles. The van der Waals surface area contributed by atoms with Crippen molar-refractivity contribution >= 4 is 44.1 Å². The van der Waals surface area contributed by atoms with E-state index in [2.05, 4.69) is 31.2 Å². The molecule has 0 aliphatic rings. The molecule has 0 aliphatic carbocycles. The van der Waals surface area contributed by atoms with Crippen molar-refractivity contribution < 1.29 is 0 Å². The van der Waals surface area contributed by atoms with Crippen LogP contribution in [0.25, 0.3) is 10.9 Å². The maximum atomic E-state index is 6.35. The Hall–Kier alpha value is -1.52. The Kier molecular flexibility index (Phi) is 3.44. The van der Waals surface area contributed by atoms with Gasteiger partial charge in [-0.25, -0.2) is 4.98 Å². The predicted octanol–water partition coefficient (Wildman–Crippen LogP) is 4.59. The average molecular weight is 337 g/mol. The summed E-state index contributed by atoms with van der Waals surface area (Å²) < 4.78 is 0.821. The molecule has 3 nitrogen and oxygen atoms in total. The van der Waals surface area contributed by atoms with Gasteiger partial charge in [0.15, 0.2) is 0 Å². The lowest BCUT2D eigenvalue weighted by Gasteiger charge is -2.04. The van der Waals surface area contributed by atoms with Crippen LogP contribution in [0.15, 0.2) is 47.2 Å². The fourth-order valence-electron chi connectivity index (χ4n) is 1.96. The second kappa shape index (κ2) is 5.23. The number of aromatic nitrogens is 2. The van der Waals surface area contributed by atoms with E-state index in [0.29, 0.717) is 6.54 Å². The number of nitrogens with zero attached hydrogens (tertiary/aromatic N) is 1. The highest BCUT2D eigenvalue weighted by Gasteiger charge is 2.08. The first-order chi connectivity index (χ1) is 9.24.